The number of fused-ring (bicyclic) bond motifs is 1. The standard InChI is InChI=1S/C15H24N2O4S/c18-14-4-1-7-17(14)13-10-16(22(19,20)12-5-6-12)9-11-3-2-8-21-15(11)13/h11-13,15H,1-10H2/t11-,13+,15-/m0/s1. The van der Waals surface area contributed by atoms with E-state index in [1.807, 2.05) is 4.90 Å². The Bertz CT molecular complexity index is 560. The van der Waals surface area contributed by atoms with Gasteiger partial charge in [-0.25, -0.2) is 8.42 Å². The number of hydrogen-bond donors (Lipinski definition) is 0. The highest BCUT2D eigenvalue weighted by atomic mass is 32.2. The molecule has 4 fully saturated rings. The number of carbonyl (C=O) groups excluding carboxylic acids is 1. The molecule has 0 spiro atoms. The van der Waals surface area contributed by atoms with E-state index in [0.29, 0.717) is 19.5 Å². The predicted molar refractivity (Wildman–Crippen MR) is 80.7 cm³/mol. The molecule has 0 radical (unpaired) electrons. The number of amides is 1. The van der Waals surface area contributed by atoms with Crippen molar-refractivity contribution in [1.82, 2.24) is 9.21 Å². The monoisotopic (exact) mass is 328 g/mol. The normalized spacial score (nSPS) is 37.4. The Kier molecular flexibility index (Phi) is 3.70. The molecular weight excluding hydrogens is 304 g/mol. The Hall–Kier alpha value is -0.660. The van der Waals surface area contributed by atoms with Gasteiger partial charge in [-0.05, 0) is 32.1 Å². The summed E-state index contributed by atoms with van der Waals surface area (Å²) < 4.78 is 32.9. The summed E-state index contributed by atoms with van der Waals surface area (Å²) >= 11 is 0. The summed E-state index contributed by atoms with van der Waals surface area (Å²) in [5.41, 5.74) is 0. The third-order valence-electron chi connectivity index (χ3n) is 5.52. The van der Waals surface area contributed by atoms with E-state index in [9.17, 15) is 13.2 Å². The van der Waals surface area contributed by atoms with E-state index in [4.69, 9.17) is 4.74 Å². The molecule has 124 valence electrons. The van der Waals surface area contributed by atoms with E-state index in [1.165, 1.54) is 0 Å². The van der Waals surface area contributed by atoms with Gasteiger partial charge in [0, 0.05) is 38.6 Å². The molecule has 3 heterocycles. The zero-order valence-corrected chi connectivity index (χ0v) is 13.6. The zero-order chi connectivity index (χ0) is 15.3. The first-order chi connectivity index (χ1) is 10.6. The van der Waals surface area contributed by atoms with Crippen LogP contribution in [0.25, 0.3) is 0 Å². The van der Waals surface area contributed by atoms with Crippen LogP contribution in [-0.2, 0) is 19.6 Å². The van der Waals surface area contributed by atoms with Crippen molar-refractivity contribution in [2.45, 2.75) is 55.9 Å². The van der Waals surface area contributed by atoms with E-state index in [0.717, 1.165) is 45.3 Å². The third kappa shape index (κ3) is 2.47. The van der Waals surface area contributed by atoms with E-state index in [1.54, 1.807) is 4.31 Å². The molecule has 1 saturated carbocycles. The van der Waals surface area contributed by atoms with Crippen molar-refractivity contribution in [2.24, 2.45) is 5.92 Å². The Labute approximate surface area is 131 Å². The first-order valence-electron chi connectivity index (χ1n) is 8.47. The molecular formula is C15H24N2O4S. The molecule has 0 aromatic carbocycles. The van der Waals surface area contributed by atoms with Gasteiger partial charge >= 0.3 is 0 Å². The van der Waals surface area contributed by atoms with E-state index in [-0.39, 0.29) is 29.2 Å². The highest BCUT2D eigenvalue weighted by molar-refractivity contribution is 7.90. The van der Waals surface area contributed by atoms with Crippen molar-refractivity contribution in [3.05, 3.63) is 0 Å². The van der Waals surface area contributed by atoms with Gasteiger partial charge in [-0.15, -0.1) is 0 Å². The number of likely N-dealkylation sites (tertiary alicyclic amines) is 1. The van der Waals surface area contributed by atoms with Gasteiger partial charge in [0.05, 0.1) is 17.4 Å². The Morgan fingerprint density at radius 1 is 1.09 bits per heavy atom. The van der Waals surface area contributed by atoms with Crippen LogP contribution in [0.1, 0.15) is 38.5 Å². The first-order valence-corrected chi connectivity index (χ1v) is 9.98. The number of ether oxygens (including phenoxy) is 1. The fourth-order valence-corrected chi connectivity index (χ4v) is 6.13. The Morgan fingerprint density at radius 2 is 1.91 bits per heavy atom. The molecule has 6 nitrogen and oxygen atoms in total. The molecule has 1 amide bonds. The van der Waals surface area contributed by atoms with Crippen molar-refractivity contribution in [1.29, 1.82) is 0 Å². The minimum atomic E-state index is -3.18. The number of rotatable bonds is 3. The summed E-state index contributed by atoms with van der Waals surface area (Å²) in [5, 5.41) is -0.177. The Morgan fingerprint density at radius 3 is 2.59 bits per heavy atom. The number of piperidine rings is 1. The maximum atomic E-state index is 12.6. The van der Waals surface area contributed by atoms with Crippen molar-refractivity contribution in [2.75, 3.05) is 26.2 Å². The van der Waals surface area contributed by atoms with E-state index < -0.39 is 10.0 Å². The van der Waals surface area contributed by atoms with Crippen LogP contribution in [0, 0.1) is 5.92 Å². The second-order valence-electron chi connectivity index (χ2n) is 7.06. The minimum absolute atomic E-state index is 0.0152. The lowest BCUT2D eigenvalue weighted by molar-refractivity contribution is -0.141. The predicted octanol–water partition coefficient (Wildman–Crippen LogP) is 0.580. The van der Waals surface area contributed by atoms with Gasteiger partial charge in [0.2, 0.25) is 15.9 Å². The fourth-order valence-electron chi connectivity index (χ4n) is 4.21. The summed E-state index contributed by atoms with van der Waals surface area (Å²) in [6.45, 7) is 2.47. The number of sulfonamides is 1. The molecule has 3 saturated heterocycles. The number of carbonyl (C=O) groups is 1. The highest BCUT2D eigenvalue weighted by Gasteiger charge is 2.49. The van der Waals surface area contributed by atoms with Crippen LogP contribution in [0.15, 0.2) is 0 Å². The second-order valence-corrected chi connectivity index (χ2v) is 9.27. The van der Waals surface area contributed by atoms with Crippen molar-refractivity contribution in [3.63, 3.8) is 0 Å². The number of hydrogen-bond acceptors (Lipinski definition) is 4. The molecule has 0 aromatic heterocycles. The maximum Gasteiger partial charge on any atom is 0.223 e. The van der Waals surface area contributed by atoms with Crippen LogP contribution in [0.2, 0.25) is 0 Å². The molecule has 4 aliphatic rings. The lowest BCUT2D eigenvalue weighted by Gasteiger charge is -2.48. The van der Waals surface area contributed by atoms with E-state index >= 15 is 0 Å². The smallest absolute Gasteiger partial charge is 0.223 e. The van der Waals surface area contributed by atoms with Gasteiger partial charge in [-0.1, -0.05) is 0 Å². The molecule has 0 aromatic rings. The quantitative estimate of drug-likeness (QED) is 0.760. The van der Waals surface area contributed by atoms with Gasteiger partial charge in [0.15, 0.2) is 0 Å². The molecule has 1 aliphatic carbocycles. The maximum absolute atomic E-state index is 12.6. The third-order valence-corrected chi connectivity index (χ3v) is 7.85. The zero-order valence-electron chi connectivity index (χ0n) is 12.8. The summed E-state index contributed by atoms with van der Waals surface area (Å²) in [4.78, 5) is 14.0. The summed E-state index contributed by atoms with van der Waals surface area (Å²) in [6.07, 6.45) is 5.04. The van der Waals surface area contributed by atoms with Crippen molar-refractivity contribution >= 4 is 15.9 Å². The lowest BCUT2D eigenvalue weighted by atomic mass is 9.86. The van der Waals surface area contributed by atoms with Gasteiger partial charge in [-0.2, -0.15) is 4.31 Å². The van der Waals surface area contributed by atoms with Crippen LogP contribution in [0.4, 0.5) is 0 Å². The average molecular weight is 328 g/mol. The Balaban J connectivity index is 1.60. The second kappa shape index (κ2) is 5.46. The molecule has 0 N–H and O–H groups in total. The topological polar surface area (TPSA) is 66.9 Å². The minimum Gasteiger partial charge on any atom is -0.376 e. The lowest BCUT2D eigenvalue weighted by Crippen LogP contribution is -2.62. The van der Waals surface area contributed by atoms with Crippen LogP contribution in [0.3, 0.4) is 0 Å². The summed E-state index contributed by atoms with van der Waals surface area (Å²) in [5.74, 6) is 0.387. The van der Waals surface area contributed by atoms with Gasteiger partial charge in [-0.3, -0.25) is 4.79 Å². The number of nitrogens with zero attached hydrogens (tertiary/aromatic N) is 2. The molecule has 22 heavy (non-hydrogen) atoms. The van der Waals surface area contributed by atoms with Gasteiger partial charge in [0.25, 0.3) is 0 Å². The van der Waals surface area contributed by atoms with E-state index in [2.05, 4.69) is 0 Å². The average Bonchev–Trinajstić information content (AvgIpc) is 3.29. The van der Waals surface area contributed by atoms with Crippen LogP contribution in [0.5, 0.6) is 0 Å². The van der Waals surface area contributed by atoms with Crippen molar-refractivity contribution < 1.29 is 17.9 Å². The molecule has 0 unspecified atom stereocenters. The van der Waals surface area contributed by atoms with Crippen LogP contribution >= 0.6 is 0 Å². The van der Waals surface area contributed by atoms with Crippen LogP contribution in [-0.4, -0.2) is 67.2 Å². The molecule has 3 aliphatic heterocycles. The van der Waals surface area contributed by atoms with Gasteiger partial charge < -0.3 is 9.64 Å². The fraction of sp³-hybridized carbons (Fsp3) is 0.933. The molecule has 0 bridgehead atoms. The molecule has 3 atom stereocenters. The summed E-state index contributed by atoms with van der Waals surface area (Å²) in [6, 6.07) is -0.0948. The summed E-state index contributed by atoms with van der Waals surface area (Å²) in [7, 11) is -3.18. The largest absolute Gasteiger partial charge is 0.376 e. The highest BCUT2D eigenvalue weighted by Crippen LogP contribution is 2.38. The SMILES string of the molecule is O=C1CCCN1[C@@H]1CN(S(=O)(=O)C2CC2)C[C@@H]2CCCO[C@@H]21. The van der Waals surface area contributed by atoms with Crippen LogP contribution < -0.4 is 0 Å². The van der Waals surface area contributed by atoms with Crippen molar-refractivity contribution in [3.8, 4) is 0 Å². The molecule has 4 rings (SSSR count). The first kappa shape index (κ1) is 14.9. The van der Waals surface area contributed by atoms with Gasteiger partial charge in [0.1, 0.15) is 0 Å². The molecule has 7 heteroatoms.